The highest BCUT2D eigenvalue weighted by atomic mass is 79.9. The van der Waals surface area contributed by atoms with Crippen molar-refractivity contribution in [1.82, 2.24) is 10.2 Å². The van der Waals surface area contributed by atoms with Crippen LogP contribution < -0.4 is 9.62 Å². The average molecular weight is 703 g/mol. The van der Waals surface area contributed by atoms with Crippen LogP contribution in [0.2, 0.25) is 0 Å². The van der Waals surface area contributed by atoms with Gasteiger partial charge in [-0.1, -0.05) is 113 Å². The van der Waals surface area contributed by atoms with Crippen LogP contribution in [-0.4, -0.2) is 43.8 Å². The van der Waals surface area contributed by atoms with Crippen LogP contribution in [0.4, 0.5) is 5.69 Å². The van der Waals surface area contributed by atoms with Crippen molar-refractivity contribution in [3.05, 3.63) is 130 Å². The Bertz CT molecular complexity index is 1760. The highest BCUT2D eigenvalue weighted by Crippen LogP contribution is 2.28. The van der Waals surface area contributed by atoms with E-state index in [0.29, 0.717) is 16.6 Å². The van der Waals surface area contributed by atoms with E-state index in [9.17, 15) is 18.0 Å². The molecule has 4 aromatic carbocycles. The fraction of sp³-hybridized carbons (Fsp3) is 0.297. The summed E-state index contributed by atoms with van der Waals surface area (Å²) in [6.07, 6.45) is 4.21. The first-order valence-electron chi connectivity index (χ1n) is 15.6. The van der Waals surface area contributed by atoms with Crippen molar-refractivity contribution in [3.63, 3.8) is 0 Å². The van der Waals surface area contributed by atoms with Gasteiger partial charge in [0.2, 0.25) is 11.8 Å². The first-order valence-corrected chi connectivity index (χ1v) is 17.9. The molecule has 7 nitrogen and oxygen atoms in total. The quantitative estimate of drug-likeness (QED) is 0.173. The van der Waals surface area contributed by atoms with E-state index in [1.807, 2.05) is 68.4 Å². The van der Waals surface area contributed by atoms with E-state index in [0.717, 1.165) is 52.2 Å². The number of nitrogens with one attached hydrogen (secondary N) is 1. The lowest BCUT2D eigenvalue weighted by molar-refractivity contribution is -0.140. The van der Waals surface area contributed by atoms with Gasteiger partial charge in [0.25, 0.3) is 10.0 Å². The van der Waals surface area contributed by atoms with Crippen molar-refractivity contribution in [1.29, 1.82) is 0 Å². The third kappa shape index (κ3) is 8.44. The number of rotatable bonds is 12. The Labute approximate surface area is 280 Å². The molecule has 0 aliphatic heterocycles. The third-order valence-electron chi connectivity index (χ3n) is 8.39. The van der Waals surface area contributed by atoms with Crippen molar-refractivity contribution >= 4 is 43.5 Å². The summed E-state index contributed by atoms with van der Waals surface area (Å²) in [5, 5.41) is 3.21. The molecule has 0 bridgehead atoms. The first kappa shape index (κ1) is 33.4. The third-order valence-corrected chi connectivity index (χ3v) is 10.7. The fourth-order valence-corrected chi connectivity index (χ4v) is 7.72. The minimum Gasteiger partial charge on any atom is -0.352 e. The molecule has 1 saturated carbocycles. The van der Waals surface area contributed by atoms with E-state index in [1.54, 1.807) is 53.4 Å². The molecule has 0 saturated heterocycles. The summed E-state index contributed by atoms with van der Waals surface area (Å²) in [5.74, 6) is -0.702. The molecule has 1 N–H and O–H groups in total. The van der Waals surface area contributed by atoms with Crippen LogP contribution in [0.5, 0.6) is 0 Å². The summed E-state index contributed by atoms with van der Waals surface area (Å²) in [7, 11) is -4.15. The number of amides is 2. The molecule has 0 radical (unpaired) electrons. The molecule has 0 unspecified atom stereocenters. The number of hydrogen-bond donors (Lipinski definition) is 1. The number of nitrogens with zero attached hydrogens (tertiary/aromatic N) is 2. The van der Waals surface area contributed by atoms with Crippen molar-refractivity contribution in [2.45, 2.75) is 69.5 Å². The molecular formula is C37H40BrN3O4S. The standard InChI is InChI=1S/C37H40BrN3O4S/c1-27-18-20-34(21-19-27)46(44,45)41(33-17-9-14-31(38)24-33)26-36(42)40(25-30-13-8-10-28(2)22-30)35(23-29-11-4-3-5-12-29)37(43)39-32-15-6-7-16-32/h3-5,8-14,17-22,24,32,35H,6-7,15-16,23,25-26H2,1-2H3,(H,39,43)/t35-/m0/s1. The maximum Gasteiger partial charge on any atom is 0.264 e. The number of aryl methyl sites for hydroxylation is 2. The SMILES string of the molecule is Cc1ccc(S(=O)(=O)N(CC(=O)N(Cc2cccc(C)c2)[C@@H](Cc2ccccc2)C(=O)NC2CCCC2)c2cccc(Br)c2)cc1. The van der Waals surface area contributed by atoms with Gasteiger partial charge in [-0.15, -0.1) is 0 Å². The molecule has 1 aliphatic rings. The summed E-state index contributed by atoms with van der Waals surface area (Å²) in [6.45, 7) is 3.53. The molecule has 9 heteroatoms. The zero-order chi connectivity index (χ0) is 32.7. The smallest absolute Gasteiger partial charge is 0.264 e. The Morgan fingerprint density at radius 2 is 1.50 bits per heavy atom. The number of benzene rings is 4. The molecule has 240 valence electrons. The molecule has 2 amide bonds. The van der Waals surface area contributed by atoms with Crippen molar-refractivity contribution in [2.75, 3.05) is 10.8 Å². The monoisotopic (exact) mass is 701 g/mol. The van der Waals surface area contributed by atoms with Gasteiger partial charge in [-0.25, -0.2) is 8.42 Å². The molecular weight excluding hydrogens is 662 g/mol. The van der Waals surface area contributed by atoms with Crippen LogP contribution in [-0.2, 0) is 32.6 Å². The molecule has 0 aromatic heterocycles. The number of carbonyl (C=O) groups is 2. The van der Waals surface area contributed by atoms with Gasteiger partial charge in [-0.2, -0.15) is 0 Å². The first-order chi connectivity index (χ1) is 22.1. The number of carbonyl (C=O) groups excluding carboxylic acids is 2. The number of hydrogen-bond acceptors (Lipinski definition) is 4. The largest absolute Gasteiger partial charge is 0.352 e. The van der Waals surface area contributed by atoms with Gasteiger partial charge < -0.3 is 10.2 Å². The molecule has 46 heavy (non-hydrogen) atoms. The highest BCUT2D eigenvalue weighted by Gasteiger charge is 2.35. The molecule has 0 spiro atoms. The zero-order valence-corrected chi connectivity index (χ0v) is 28.6. The summed E-state index contributed by atoms with van der Waals surface area (Å²) >= 11 is 3.46. The van der Waals surface area contributed by atoms with Crippen molar-refractivity contribution < 1.29 is 18.0 Å². The topological polar surface area (TPSA) is 86.8 Å². The van der Waals surface area contributed by atoms with E-state index in [-0.39, 0.29) is 23.4 Å². The summed E-state index contributed by atoms with van der Waals surface area (Å²) in [5.41, 5.74) is 4.06. The zero-order valence-electron chi connectivity index (χ0n) is 26.2. The normalized spacial score (nSPS) is 14.1. The molecule has 1 aliphatic carbocycles. The predicted octanol–water partition coefficient (Wildman–Crippen LogP) is 6.96. The number of halogens is 1. The molecule has 4 aromatic rings. The van der Waals surface area contributed by atoms with Crippen LogP contribution in [0.25, 0.3) is 0 Å². The van der Waals surface area contributed by atoms with E-state index < -0.39 is 28.5 Å². The van der Waals surface area contributed by atoms with E-state index in [2.05, 4.69) is 21.2 Å². The molecule has 1 fully saturated rings. The van der Waals surface area contributed by atoms with Gasteiger partial charge in [-0.3, -0.25) is 13.9 Å². The lowest BCUT2D eigenvalue weighted by Gasteiger charge is -2.34. The van der Waals surface area contributed by atoms with Crippen molar-refractivity contribution in [2.24, 2.45) is 0 Å². The minimum atomic E-state index is -4.15. The van der Waals surface area contributed by atoms with Gasteiger partial charge in [0, 0.05) is 23.5 Å². The lowest BCUT2D eigenvalue weighted by Crippen LogP contribution is -2.54. The molecule has 1 atom stereocenters. The molecule has 5 rings (SSSR count). The van der Waals surface area contributed by atoms with Crippen molar-refractivity contribution in [3.8, 4) is 0 Å². The summed E-state index contributed by atoms with van der Waals surface area (Å²) in [6, 6.07) is 30.1. The maximum atomic E-state index is 14.6. The van der Waals surface area contributed by atoms with Crippen LogP contribution in [0, 0.1) is 13.8 Å². The predicted molar refractivity (Wildman–Crippen MR) is 186 cm³/mol. The number of anilines is 1. The van der Waals surface area contributed by atoms with E-state index in [1.165, 1.54) is 0 Å². The van der Waals surface area contributed by atoms with Gasteiger partial charge in [0.15, 0.2) is 0 Å². The van der Waals surface area contributed by atoms with Crippen LogP contribution >= 0.6 is 15.9 Å². The minimum absolute atomic E-state index is 0.0572. The highest BCUT2D eigenvalue weighted by molar-refractivity contribution is 9.10. The fourth-order valence-electron chi connectivity index (χ4n) is 5.93. The second kappa shape index (κ2) is 15.1. The Hall–Kier alpha value is -3.95. The van der Waals surface area contributed by atoms with Gasteiger partial charge in [-0.05, 0) is 68.1 Å². The molecule has 0 heterocycles. The van der Waals surface area contributed by atoms with E-state index >= 15 is 0 Å². The Balaban J connectivity index is 1.57. The Morgan fingerprint density at radius 3 is 2.17 bits per heavy atom. The van der Waals surface area contributed by atoms with Crippen LogP contribution in [0.15, 0.2) is 112 Å². The summed E-state index contributed by atoms with van der Waals surface area (Å²) in [4.78, 5) is 30.4. The second-order valence-corrected chi connectivity index (χ2v) is 14.8. The average Bonchev–Trinajstić information content (AvgIpc) is 3.55. The lowest BCUT2D eigenvalue weighted by atomic mass is 10.0. The Kier molecular flexibility index (Phi) is 11.0. The van der Waals surface area contributed by atoms with E-state index in [4.69, 9.17) is 0 Å². The van der Waals surface area contributed by atoms with Gasteiger partial charge >= 0.3 is 0 Å². The van der Waals surface area contributed by atoms with Gasteiger partial charge in [0.1, 0.15) is 12.6 Å². The second-order valence-electron chi connectivity index (χ2n) is 12.0. The number of sulfonamides is 1. The maximum absolute atomic E-state index is 14.6. The van der Waals surface area contributed by atoms with Gasteiger partial charge in [0.05, 0.1) is 10.6 Å². The summed E-state index contributed by atoms with van der Waals surface area (Å²) < 4.78 is 30.2. The van der Waals surface area contributed by atoms with Crippen LogP contribution in [0.3, 0.4) is 0 Å². The van der Waals surface area contributed by atoms with Crippen LogP contribution in [0.1, 0.15) is 47.9 Å². The Morgan fingerprint density at radius 1 is 0.826 bits per heavy atom.